The molecule has 0 aliphatic rings. The molecule has 0 amide bonds. The molecule has 0 aromatic carbocycles. The van der Waals surface area contributed by atoms with E-state index in [4.69, 9.17) is 0 Å². The van der Waals surface area contributed by atoms with Gasteiger partial charge in [0.1, 0.15) is 5.65 Å². The Kier molecular flexibility index (Phi) is 3.20. The average molecular weight is 232 g/mol. The first-order valence-corrected chi connectivity index (χ1v) is 6.21. The molecule has 1 unspecified atom stereocenters. The highest BCUT2D eigenvalue weighted by Crippen LogP contribution is 2.27. The third-order valence-corrected chi connectivity index (χ3v) is 3.10. The second-order valence-electron chi connectivity index (χ2n) is 4.89. The first kappa shape index (κ1) is 12.1. The summed E-state index contributed by atoms with van der Waals surface area (Å²) in [6, 6.07) is 4.10. The Morgan fingerprint density at radius 3 is 2.71 bits per heavy atom. The first-order chi connectivity index (χ1) is 8.04. The summed E-state index contributed by atoms with van der Waals surface area (Å²) in [5, 5.41) is 10.2. The highest BCUT2D eigenvalue weighted by Gasteiger charge is 2.20. The molecule has 17 heavy (non-hydrogen) atoms. The van der Waals surface area contributed by atoms with E-state index in [9.17, 15) is 5.11 Å². The number of rotatable bonds is 3. The first-order valence-electron chi connectivity index (χ1n) is 6.21. The number of aliphatic hydroxyl groups excluding tert-OH is 1. The molecule has 0 bridgehead atoms. The van der Waals surface area contributed by atoms with Crippen molar-refractivity contribution in [3.05, 3.63) is 35.3 Å². The smallest absolute Gasteiger partial charge is 0.137 e. The summed E-state index contributed by atoms with van der Waals surface area (Å²) in [6.07, 6.45) is 2.27. The van der Waals surface area contributed by atoms with Crippen molar-refractivity contribution in [3.63, 3.8) is 0 Å². The van der Waals surface area contributed by atoms with E-state index < -0.39 is 6.10 Å². The maximum absolute atomic E-state index is 10.2. The fourth-order valence-electron chi connectivity index (χ4n) is 2.13. The maximum atomic E-state index is 10.2. The molecule has 1 N–H and O–H groups in total. The Labute approximate surface area is 102 Å². The summed E-state index contributed by atoms with van der Waals surface area (Å²) in [6.45, 7) is 8.27. The van der Waals surface area contributed by atoms with Crippen LogP contribution in [0, 0.1) is 6.92 Å². The SMILES string of the molecule is CCC(O)c1c(C(C)C)nc2cc(C)ccn12. The van der Waals surface area contributed by atoms with Crippen molar-refractivity contribution in [1.29, 1.82) is 0 Å². The van der Waals surface area contributed by atoms with Gasteiger partial charge in [-0.2, -0.15) is 0 Å². The van der Waals surface area contributed by atoms with Gasteiger partial charge in [0.2, 0.25) is 0 Å². The lowest BCUT2D eigenvalue weighted by Gasteiger charge is -2.12. The third-order valence-electron chi connectivity index (χ3n) is 3.10. The van der Waals surface area contributed by atoms with E-state index in [0.29, 0.717) is 12.3 Å². The predicted molar refractivity (Wildman–Crippen MR) is 69.3 cm³/mol. The Hall–Kier alpha value is -1.35. The van der Waals surface area contributed by atoms with Crippen molar-refractivity contribution in [3.8, 4) is 0 Å². The molecule has 0 spiro atoms. The van der Waals surface area contributed by atoms with Gasteiger partial charge in [-0.25, -0.2) is 4.98 Å². The number of aryl methyl sites for hydroxylation is 1. The minimum Gasteiger partial charge on any atom is -0.387 e. The minimum absolute atomic E-state index is 0.325. The van der Waals surface area contributed by atoms with Gasteiger partial charge in [0.25, 0.3) is 0 Å². The number of hydrogen-bond acceptors (Lipinski definition) is 2. The second-order valence-corrected chi connectivity index (χ2v) is 4.89. The summed E-state index contributed by atoms with van der Waals surface area (Å²) >= 11 is 0. The molecule has 2 aromatic rings. The van der Waals surface area contributed by atoms with Gasteiger partial charge in [-0.15, -0.1) is 0 Å². The van der Waals surface area contributed by atoms with Crippen LogP contribution in [0.3, 0.4) is 0 Å². The van der Waals surface area contributed by atoms with Crippen LogP contribution in [0.2, 0.25) is 0 Å². The van der Waals surface area contributed by atoms with Crippen LogP contribution in [0.15, 0.2) is 18.3 Å². The monoisotopic (exact) mass is 232 g/mol. The third kappa shape index (κ3) is 2.07. The molecule has 0 radical (unpaired) electrons. The van der Waals surface area contributed by atoms with Crippen LogP contribution in [0.1, 0.15) is 56.2 Å². The van der Waals surface area contributed by atoms with Gasteiger partial charge in [0.05, 0.1) is 17.5 Å². The molecule has 92 valence electrons. The minimum atomic E-state index is -0.440. The Bertz CT molecular complexity index is 528. The number of pyridine rings is 1. The zero-order chi connectivity index (χ0) is 12.6. The van der Waals surface area contributed by atoms with Crippen LogP contribution in [0.5, 0.6) is 0 Å². The van der Waals surface area contributed by atoms with E-state index in [2.05, 4.69) is 31.8 Å². The number of aliphatic hydroxyl groups is 1. The molecular formula is C14H20N2O. The lowest BCUT2D eigenvalue weighted by molar-refractivity contribution is 0.166. The fourth-order valence-corrected chi connectivity index (χ4v) is 2.13. The largest absolute Gasteiger partial charge is 0.387 e. The lowest BCUT2D eigenvalue weighted by atomic mass is 10.0. The molecule has 0 fully saturated rings. The van der Waals surface area contributed by atoms with Crippen LogP contribution in [0.4, 0.5) is 0 Å². The van der Waals surface area contributed by atoms with Crippen LogP contribution >= 0.6 is 0 Å². The molecule has 0 saturated heterocycles. The van der Waals surface area contributed by atoms with Crippen molar-refractivity contribution in [1.82, 2.24) is 9.38 Å². The maximum Gasteiger partial charge on any atom is 0.137 e. The van der Waals surface area contributed by atoms with E-state index in [1.54, 1.807) is 0 Å². The van der Waals surface area contributed by atoms with Crippen molar-refractivity contribution in [2.24, 2.45) is 0 Å². The number of hydrogen-bond donors (Lipinski definition) is 1. The number of aromatic nitrogens is 2. The number of imidazole rings is 1. The molecular weight excluding hydrogens is 212 g/mol. The molecule has 3 nitrogen and oxygen atoms in total. The summed E-state index contributed by atoms with van der Waals surface area (Å²) in [5.41, 5.74) is 4.06. The van der Waals surface area contributed by atoms with Gasteiger partial charge in [0, 0.05) is 6.20 Å². The zero-order valence-electron chi connectivity index (χ0n) is 10.9. The van der Waals surface area contributed by atoms with Crippen LogP contribution in [0.25, 0.3) is 5.65 Å². The number of fused-ring (bicyclic) bond motifs is 1. The molecule has 0 saturated carbocycles. The zero-order valence-corrected chi connectivity index (χ0v) is 10.9. The molecule has 0 aliphatic heterocycles. The molecule has 2 aromatic heterocycles. The summed E-state index contributed by atoms with van der Waals surface area (Å²) in [4.78, 5) is 4.64. The molecule has 1 atom stereocenters. The van der Waals surface area contributed by atoms with E-state index in [-0.39, 0.29) is 0 Å². The normalized spacial score (nSPS) is 13.5. The van der Waals surface area contributed by atoms with Gasteiger partial charge in [0.15, 0.2) is 0 Å². The van der Waals surface area contributed by atoms with E-state index >= 15 is 0 Å². The Morgan fingerprint density at radius 2 is 2.12 bits per heavy atom. The van der Waals surface area contributed by atoms with Crippen molar-refractivity contribution >= 4 is 5.65 Å². The molecule has 3 heteroatoms. The second kappa shape index (κ2) is 4.49. The average Bonchev–Trinajstić information content (AvgIpc) is 2.66. The summed E-state index contributed by atoms with van der Waals surface area (Å²) in [7, 11) is 0. The van der Waals surface area contributed by atoms with E-state index in [0.717, 1.165) is 17.0 Å². The Morgan fingerprint density at radius 1 is 1.41 bits per heavy atom. The van der Waals surface area contributed by atoms with Gasteiger partial charge in [-0.3, -0.25) is 0 Å². The lowest BCUT2D eigenvalue weighted by Crippen LogP contribution is -2.05. The van der Waals surface area contributed by atoms with Crippen LogP contribution < -0.4 is 0 Å². The van der Waals surface area contributed by atoms with Gasteiger partial charge < -0.3 is 9.51 Å². The van der Waals surface area contributed by atoms with Gasteiger partial charge >= 0.3 is 0 Å². The highest BCUT2D eigenvalue weighted by molar-refractivity contribution is 5.46. The van der Waals surface area contributed by atoms with Gasteiger partial charge in [-0.1, -0.05) is 20.8 Å². The molecule has 2 rings (SSSR count). The summed E-state index contributed by atoms with van der Waals surface area (Å²) < 4.78 is 2.01. The standard InChI is InChI=1S/C14H20N2O/c1-5-11(17)14-13(9(2)3)15-12-8-10(4)6-7-16(12)14/h6-9,11,17H,5H2,1-4H3. The van der Waals surface area contributed by atoms with Gasteiger partial charge in [-0.05, 0) is 37.0 Å². The van der Waals surface area contributed by atoms with Crippen LogP contribution in [-0.2, 0) is 0 Å². The van der Waals surface area contributed by atoms with E-state index in [1.807, 2.05) is 23.6 Å². The predicted octanol–water partition coefficient (Wildman–Crippen LogP) is 3.21. The highest BCUT2D eigenvalue weighted by atomic mass is 16.3. The van der Waals surface area contributed by atoms with E-state index in [1.165, 1.54) is 5.56 Å². The van der Waals surface area contributed by atoms with Crippen LogP contribution in [-0.4, -0.2) is 14.5 Å². The van der Waals surface area contributed by atoms with Crippen molar-refractivity contribution in [2.45, 2.75) is 46.1 Å². The number of nitrogens with zero attached hydrogens (tertiary/aromatic N) is 2. The summed E-state index contributed by atoms with van der Waals surface area (Å²) in [5.74, 6) is 0.325. The molecule has 0 aliphatic carbocycles. The fraction of sp³-hybridized carbons (Fsp3) is 0.500. The molecule has 2 heterocycles. The topological polar surface area (TPSA) is 37.5 Å². The Balaban J connectivity index is 2.71. The quantitative estimate of drug-likeness (QED) is 0.882. The van der Waals surface area contributed by atoms with Crippen molar-refractivity contribution < 1.29 is 5.11 Å². The van der Waals surface area contributed by atoms with Crippen molar-refractivity contribution in [2.75, 3.05) is 0 Å².